The molecule has 0 fully saturated rings. The molecule has 0 atom stereocenters. The van der Waals surface area contributed by atoms with E-state index in [-0.39, 0.29) is 31.6 Å². The molecule has 2 aromatic heterocycles. The number of ketones is 1. The van der Waals surface area contributed by atoms with E-state index in [2.05, 4.69) is 70.6 Å². The van der Waals surface area contributed by atoms with Gasteiger partial charge in [-0.15, -0.1) is 0 Å². The number of nitrogens with zero attached hydrogens (tertiary/aromatic N) is 2. The van der Waals surface area contributed by atoms with Crippen molar-refractivity contribution in [1.29, 1.82) is 0 Å². The Hall–Kier alpha value is -4.44. The molecule has 4 aromatic carbocycles. The minimum absolute atomic E-state index is 0. The summed E-state index contributed by atoms with van der Waals surface area (Å²) in [5, 5.41) is 10.7. The molecule has 1 radical (unpaired) electrons. The van der Waals surface area contributed by atoms with Crippen LogP contribution in [0.5, 0.6) is 0 Å². The summed E-state index contributed by atoms with van der Waals surface area (Å²) in [6.07, 6.45) is 1.17. The number of benzene rings is 4. The van der Waals surface area contributed by atoms with Gasteiger partial charge in [0.1, 0.15) is 0 Å². The fraction of sp³-hybridized carbons (Fsp3) is 0.0571. The van der Waals surface area contributed by atoms with Crippen LogP contribution in [0.4, 0.5) is 0 Å². The fourth-order valence-electron chi connectivity index (χ4n) is 3.97. The van der Waals surface area contributed by atoms with E-state index in [0.29, 0.717) is 0 Å². The van der Waals surface area contributed by atoms with Gasteiger partial charge in [-0.05, 0) is 38.1 Å². The summed E-state index contributed by atoms with van der Waals surface area (Å²) < 4.78 is 0. The Morgan fingerprint density at radius 2 is 0.925 bits per heavy atom. The van der Waals surface area contributed by atoms with Crippen molar-refractivity contribution < 1.29 is 30.0 Å². The van der Waals surface area contributed by atoms with Crippen LogP contribution in [0, 0.1) is 0 Å². The third-order valence-electron chi connectivity index (χ3n) is 5.75. The van der Waals surface area contributed by atoms with E-state index in [1.54, 1.807) is 0 Å². The minimum atomic E-state index is -0.125. The standard InChI is InChI=1S/2C15H11N.C5H8O2.Ir/c2*1-2-6-12(7-3-1)15-11-10-13-8-4-5-9-14(13)16-15;1-4(6)3-5(2)7;/h2*1-11H;3,6H,1-2H3;. The molecule has 201 valence electrons. The fourth-order valence-corrected chi connectivity index (χ4v) is 3.97. The Kier molecular flexibility index (Phi) is 11.5. The van der Waals surface area contributed by atoms with Crippen LogP contribution in [0.3, 0.4) is 0 Å². The molecule has 5 heteroatoms. The molecule has 40 heavy (non-hydrogen) atoms. The van der Waals surface area contributed by atoms with Crippen molar-refractivity contribution >= 4 is 27.6 Å². The second kappa shape index (κ2) is 15.2. The molecule has 0 spiro atoms. The van der Waals surface area contributed by atoms with Crippen molar-refractivity contribution in [3.05, 3.63) is 145 Å². The number of aromatic nitrogens is 2. The predicted molar refractivity (Wildman–Crippen MR) is 161 cm³/mol. The summed E-state index contributed by atoms with van der Waals surface area (Å²) in [6, 6.07) is 45.2. The summed E-state index contributed by atoms with van der Waals surface area (Å²) in [4.78, 5) is 19.3. The Morgan fingerprint density at radius 1 is 0.550 bits per heavy atom. The summed E-state index contributed by atoms with van der Waals surface area (Å²) in [5.74, 6) is -0.0625. The molecule has 4 nitrogen and oxygen atoms in total. The molecule has 2 heterocycles. The zero-order valence-electron chi connectivity index (χ0n) is 22.4. The van der Waals surface area contributed by atoms with Gasteiger partial charge in [0.15, 0.2) is 5.78 Å². The number of carbonyl (C=O) groups excluding carboxylic acids is 1. The first-order valence-corrected chi connectivity index (χ1v) is 12.7. The number of pyridine rings is 2. The minimum Gasteiger partial charge on any atom is -0.512 e. The predicted octanol–water partition coefficient (Wildman–Crippen LogP) is 8.84. The average Bonchev–Trinajstić information content (AvgIpc) is 2.97. The van der Waals surface area contributed by atoms with Gasteiger partial charge in [0.2, 0.25) is 0 Å². The van der Waals surface area contributed by atoms with E-state index >= 15 is 0 Å². The van der Waals surface area contributed by atoms with Crippen LogP contribution in [0.1, 0.15) is 13.8 Å². The Morgan fingerprint density at radius 3 is 1.27 bits per heavy atom. The zero-order chi connectivity index (χ0) is 27.5. The Balaban J connectivity index is 0.000000177. The van der Waals surface area contributed by atoms with Crippen molar-refractivity contribution in [2.45, 2.75) is 13.8 Å². The van der Waals surface area contributed by atoms with Gasteiger partial charge in [-0.1, -0.05) is 109 Å². The first-order valence-electron chi connectivity index (χ1n) is 12.7. The van der Waals surface area contributed by atoms with E-state index in [4.69, 9.17) is 5.11 Å². The van der Waals surface area contributed by atoms with E-state index < -0.39 is 0 Å². The van der Waals surface area contributed by atoms with Gasteiger partial charge in [-0.3, -0.25) is 4.79 Å². The Bertz CT molecular complexity index is 1580. The quantitative estimate of drug-likeness (QED) is 0.148. The summed E-state index contributed by atoms with van der Waals surface area (Å²) in [6.45, 7) is 2.85. The number of hydrogen-bond acceptors (Lipinski definition) is 4. The van der Waals surface area contributed by atoms with Crippen molar-refractivity contribution in [2.75, 3.05) is 0 Å². The summed E-state index contributed by atoms with van der Waals surface area (Å²) in [5.41, 5.74) is 6.47. The number of carbonyl (C=O) groups is 1. The van der Waals surface area contributed by atoms with Gasteiger partial charge in [-0.2, -0.15) is 0 Å². The maximum atomic E-state index is 10.0. The molecule has 0 bridgehead atoms. The van der Waals surface area contributed by atoms with Gasteiger partial charge in [0.05, 0.1) is 28.2 Å². The van der Waals surface area contributed by atoms with Crippen molar-refractivity contribution in [3.8, 4) is 22.5 Å². The number of rotatable bonds is 3. The number of allylic oxidation sites excluding steroid dienone is 2. The molecule has 0 aliphatic carbocycles. The van der Waals surface area contributed by atoms with E-state index in [1.807, 2.05) is 72.8 Å². The second-order valence-electron chi connectivity index (χ2n) is 8.91. The second-order valence-corrected chi connectivity index (χ2v) is 8.91. The average molecular weight is 703 g/mol. The third kappa shape index (κ3) is 8.81. The largest absolute Gasteiger partial charge is 0.512 e. The van der Waals surface area contributed by atoms with Gasteiger partial charge < -0.3 is 5.11 Å². The number of para-hydroxylation sites is 2. The normalized spacial score (nSPS) is 10.4. The monoisotopic (exact) mass is 703 g/mol. The smallest absolute Gasteiger partial charge is 0.155 e. The molecule has 0 aliphatic heterocycles. The van der Waals surface area contributed by atoms with Gasteiger partial charge in [-0.25, -0.2) is 9.97 Å². The number of hydrogen-bond donors (Lipinski definition) is 1. The zero-order valence-corrected chi connectivity index (χ0v) is 24.8. The van der Waals surface area contributed by atoms with E-state index in [9.17, 15) is 4.79 Å². The van der Waals surface area contributed by atoms with Crippen LogP contribution in [0.2, 0.25) is 0 Å². The van der Waals surface area contributed by atoms with Crippen LogP contribution in [-0.4, -0.2) is 20.9 Å². The molecule has 6 aromatic rings. The van der Waals surface area contributed by atoms with Crippen LogP contribution in [-0.2, 0) is 24.9 Å². The first-order chi connectivity index (χ1) is 19.0. The molecule has 0 saturated carbocycles. The van der Waals surface area contributed by atoms with Crippen molar-refractivity contribution in [1.82, 2.24) is 9.97 Å². The van der Waals surface area contributed by atoms with Crippen LogP contribution < -0.4 is 0 Å². The number of aliphatic hydroxyl groups is 1. The summed E-state index contributed by atoms with van der Waals surface area (Å²) >= 11 is 0. The van der Waals surface area contributed by atoms with Gasteiger partial charge in [0.25, 0.3) is 0 Å². The third-order valence-corrected chi connectivity index (χ3v) is 5.75. The molecule has 0 amide bonds. The molecule has 6 rings (SSSR count). The molecular formula is C35H30IrN2O2. The molecule has 1 N–H and O–H groups in total. The number of aliphatic hydroxyl groups excluding tert-OH is 1. The first kappa shape index (κ1) is 30.1. The molecule has 0 aliphatic rings. The molecule has 0 unspecified atom stereocenters. The van der Waals surface area contributed by atoms with Gasteiger partial charge >= 0.3 is 0 Å². The van der Waals surface area contributed by atoms with E-state index in [0.717, 1.165) is 33.5 Å². The summed E-state index contributed by atoms with van der Waals surface area (Å²) in [7, 11) is 0. The maximum Gasteiger partial charge on any atom is 0.155 e. The topological polar surface area (TPSA) is 63.1 Å². The Labute approximate surface area is 248 Å². The van der Waals surface area contributed by atoms with Crippen molar-refractivity contribution in [2.24, 2.45) is 0 Å². The van der Waals surface area contributed by atoms with E-state index in [1.165, 1.54) is 30.7 Å². The van der Waals surface area contributed by atoms with Crippen LogP contribution in [0.25, 0.3) is 44.3 Å². The number of fused-ring (bicyclic) bond motifs is 2. The van der Waals surface area contributed by atoms with Gasteiger partial charge in [0, 0.05) is 48.1 Å². The SMILES string of the molecule is CC(=O)C=C(C)O.[Ir].c1ccc(-c2ccc3ccccc3n2)cc1.c1ccc(-c2ccc3ccccc3n2)cc1. The molecule has 0 saturated heterocycles. The maximum absolute atomic E-state index is 10.0. The van der Waals surface area contributed by atoms with Crippen LogP contribution >= 0.6 is 0 Å². The van der Waals surface area contributed by atoms with Crippen molar-refractivity contribution in [3.63, 3.8) is 0 Å². The van der Waals surface area contributed by atoms with Crippen LogP contribution in [0.15, 0.2) is 145 Å². The molecular weight excluding hydrogens is 673 g/mol.